The van der Waals surface area contributed by atoms with E-state index in [1.807, 2.05) is 38.1 Å². The lowest BCUT2D eigenvalue weighted by Gasteiger charge is -2.27. The molecule has 0 bridgehead atoms. The number of anilines is 2. The molecule has 0 unspecified atom stereocenters. The van der Waals surface area contributed by atoms with Crippen molar-refractivity contribution in [3.63, 3.8) is 0 Å². The highest BCUT2D eigenvalue weighted by molar-refractivity contribution is 6.31. The van der Waals surface area contributed by atoms with Crippen molar-refractivity contribution in [3.8, 4) is 0 Å². The molecule has 1 aromatic heterocycles. The number of nitrogens with two attached hydrogens (primary N) is 1. The van der Waals surface area contributed by atoms with Gasteiger partial charge < -0.3 is 20.7 Å². The van der Waals surface area contributed by atoms with Crippen molar-refractivity contribution in [2.75, 3.05) is 36.5 Å². The Balaban J connectivity index is 1.79. The zero-order chi connectivity index (χ0) is 17.8. The lowest BCUT2D eigenvalue weighted by atomic mass is 10.2. The number of guanidine groups is 1. The number of aromatic nitrogens is 2. The first-order valence-corrected chi connectivity index (χ1v) is 8.45. The van der Waals surface area contributed by atoms with E-state index in [4.69, 9.17) is 22.1 Å². The van der Waals surface area contributed by atoms with Gasteiger partial charge >= 0.3 is 0 Å². The summed E-state index contributed by atoms with van der Waals surface area (Å²) in [5.41, 5.74) is 8.60. The Morgan fingerprint density at radius 1 is 1.24 bits per heavy atom. The maximum atomic E-state index is 6.03. The summed E-state index contributed by atoms with van der Waals surface area (Å²) in [6.45, 7) is 6.84. The van der Waals surface area contributed by atoms with Gasteiger partial charge in [0.25, 0.3) is 5.95 Å². The summed E-state index contributed by atoms with van der Waals surface area (Å²) in [5, 5.41) is 3.74. The van der Waals surface area contributed by atoms with E-state index in [0.717, 1.165) is 35.9 Å². The van der Waals surface area contributed by atoms with Crippen LogP contribution in [0.1, 0.15) is 11.3 Å². The molecule has 2 heterocycles. The number of aliphatic imine (C=N–C) groups is 1. The van der Waals surface area contributed by atoms with Crippen molar-refractivity contribution < 1.29 is 4.74 Å². The van der Waals surface area contributed by atoms with Crippen LogP contribution in [-0.4, -0.2) is 42.2 Å². The van der Waals surface area contributed by atoms with Crippen LogP contribution < -0.4 is 16.0 Å². The number of benzene rings is 1. The number of rotatable bonds is 3. The number of aryl methyl sites for hydroxylation is 2. The molecule has 132 valence electrons. The van der Waals surface area contributed by atoms with Crippen molar-refractivity contribution in [2.45, 2.75) is 13.8 Å². The number of hydrogen-bond acceptors (Lipinski definition) is 5. The normalized spacial score (nSPS) is 15.3. The molecular formula is C17H21ClN6O. The zero-order valence-corrected chi connectivity index (χ0v) is 15.0. The van der Waals surface area contributed by atoms with Crippen LogP contribution in [0.4, 0.5) is 17.5 Å². The Labute approximate surface area is 151 Å². The SMILES string of the molecule is Cc1cc(N2CCOCC2)nc(N=C(N)Nc2ccc(Cl)c(C)c2)n1. The van der Waals surface area contributed by atoms with Crippen molar-refractivity contribution in [3.05, 3.63) is 40.5 Å². The summed E-state index contributed by atoms with van der Waals surface area (Å²) < 4.78 is 5.38. The van der Waals surface area contributed by atoms with Crippen molar-refractivity contribution in [1.82, 2.24) is 9.97 Å². The van der Waals surface area contributed by atoms with Crippen LogP contribution in [0.25, 0.3) is 0 Å². The van der Waals surface area contributed by atoms with Crippen LogP contribution in [-0.2, 0) is 4.74 Å². The Bertz CT molecular complexity index is 789. The molecule has 1 saturated heterocycles. The monoisotopic (exact) mass is 360 g/mol. The quantitative estimate of drug-likeness (QED) is 0.646. The molecule has 1 aliphatic rings. The first-order chi connectivity index (χ1) is 12.0. The van der Waals surface area contributed by atoms with Crippen molar-refractivity contribution in [1.29, 1.82) is 0 Å². The minimum Gasteiger partial charge on any atom is -0.378 e. The minimum absolute atomic E-state index is 0.222. The highest BCUT2D eigenvalue weighted by Gasteiger charge is 2.14. The number of morpholine rings is 1. The van der Waals surface area contributed by atoms with E-state index in [9.17, 15) is 0 Å². The van der Waals surface area contributed by atoms with Crippen LogP contribution in [0.2, 0.25) is 5.02 Å². The molecule has 25 heavy (non-hydrogen) atoms. The molecule has 0 saturated carbocycles. The van der Waals surface area contributed by atoms with Gasteiger partial charge in [0.1, 0.15) is 5.82 Å². The molecule has 8 heteroatoms. The van der Waals surface area contributed by atoms with Crippen molar-refractivity contribution in [2.24, 2.45) is 10.7 Å². The second-order valence-electron chi connectivity index (χ2n) is 5.85. The van der Waals surface area contributed by atoms with Crippen LogP contribution in [0.3, 0.4) is 0 Å². The van der Waals surface area contributed by atoms with E-state index >= 15 is 0 Å². The Morgan fingerprint density at radius 3 is 2.72 bits per heavy atom. The van der Waals surface area contributed by atoms with Gasteiger partial charge in [0, 0.05) is 35.6 Å². The fourth-order valence-electron chi connectivity index (χ4n) is 2.55. The molecule has 1 aromatic carbocycles. The predicted molar refractivity (Wildman–Crippen MR) is 101 cm³/mol. The Kier molecular flexibility index (Phi) is 5.35. The molecule has 0 radical (unpaired) electrons. The van der Waals surface area contributed by atoms with Crippen molar-refractivity contribution >= 4 is 35.0 Å². The van der Waals surface area contributed by atoms with Gasteiger partial charge in [0.2, 0.25) is 5.96 Å². The van der Waals surface area contributed by atoms with E-state index in [-0.39, 0.29) is 5.96 Å². The highest BCUT2D eigenvalue weighted by atomic mass is 35.5. The summed E-state index contributed by atoms with van der Waals surface area (Å²) in [5.74, 6) is 1.39. The van der Waals surface area contributed by atoms with E-state index in [2.05, 4.69) is 25.2 Å². The van der Waals surface area contributed by atoms with Crippen LogP contribution in [0.5, 0.6) is 0 Å². The third-order valence-electron chi connectivity index (χ3n) is 3.81. The number of ether oxygens (including phenoxy) is 1. The molecule has 0 amide bonds. The average Bonchev–Trinajstić information content (AvgIpc) is 2.58. The van der Waals surface area contributed by atoms with Crippen LogP contribution >= 0.6 is 11.6 Å². The molecule has 7 nitrogen and oxygen atoms in total. The van der Waals surface area contributed by atoms with E-state index in [1.54, 1.807) is 0 Å². The molecule has 1 aliphatic heterocycles. The Hall–Kier alpha value is -2.38. The third-order valence-corrected chi connectivity index (χ3v) is 4.24. The lowest BCUT2D eigenvalue weighted by molar-refractivity contribution is 0.122. The number of nitrogens with zero attached hydrogens (tertiary/aromatic N) is 4. The number of halogens is 1. The molecule has 1 fully saturated rings. The van der Waals surface area contributed by atoms with Gasteiger partial charge in [-0.05, 0) is 37.6 Å². The standard InChI is InChI=1S/C17H21ClN6O/c1-11-9-13(3-4-14(11)18)21-16(19)23-17-20-12(2)10-15(22-17)24-5-7-25-8-6-24/h3-4,9-10H,5-8H2,1-2H3,(H3,19,20,21,22,23). The van der Waals surface area contributed by atoms with E-state index < -0.39 is 0 Å². The fourth-order valence-corrected chi connectivity index (χ4v) is 2.66. The van der Waals surface area contributed by atoms with E-state index in [1.165, 1.54) is 0 Å². The number of nitrogens with one attached hydrogen (secondary N) is 1. The third kappa shape index (κ3) is 4.58. The predicted octanol–water partition coefficient (Wildman–Crippen LogP) is 2.64. The first kappa shape index (κ1) is 17.4. The second-order valence-corrected chi connectivity index (χ2v) is 6.26. The van der Waals surface area contributed by atoms with Gasteiger partial charge in [-0.25, -0.2) is 4.98 Å². The molecular weight excluding hydrogens is 340 g/mol. The van der Waals surface area contributed by atoms with E-state index in [0.29, 0.717) is 24.2 Å². The van der Waals surface area contributed by atoms with Crippen LogP contribution in [0, 0.1) is 13.8 Å². The van der Waals surface area contributed by atoms with Gasteiger partial charge in [-0.2, -0.15) is 9.98 Å². The summed E-state index contributed by atoms with van der Waals surface area (Å²) in [6, 6.07) is 7.50. The van der Waals surface area contributed by atoms with Gasteiger partial charge in [-0.1, -0.05) is 11.6 Å². The van der Waals surface area contributed by atoms with Gasteiger partial charge in [-0.3, -0.25) is 0 Å². The smallest absolute Gasteiger partial charge is 0.254 e. The first-order valence-electron chi connectivity index (χ1n) is 8.07. The lowest BCUT2D eigenvalue weighted by Crippen LogP contribution is -2.36. The molecule has 0 atom stereocenters. The minimum atomic E-state index is 0.222. The molecule has 3 N–H and O–H groups in total. The fraction of sp³-hybridized carbons (Fsp3) is 0.353. The van der Waals surface area contributed by atoms with Gasteiger partial charge in [0.15, 0.2) is 0 Å². The highest BCUT2D eigenvalue weighted by Crippen LogP contribution is 2.20. The molecule has 0 spiro atoms. The summed E-state index contributed by atoms with van der Waals surface area (Å²) in [6.07, 6.45) is 0. The Morgan fingerprint density at radius 2 is 2.00 bits per heavy atom. The summed E-state index contributed by atoms with van der Waals surface area (Å²) in [7, 11) is 0. The number of hydrogen-bond donors (Lipinski definition) is 2. The largest absolute Gasteiger partial charge is 0.378 e. The molecule has 2 aromatic rings. The maximum absolute atomic E-state index is 6.03. The summed E-state index contributed by atoms with van der Waals surface area (Å²) >= 11 is 6.03. The van der Waals surface area contributed by atoms with Crippen LogP contribution in [0.15, 0.2) is 29.3 Å². The molecule has 3 rings (SSSR count). The zero-order valence-electron chi connectivity index (χ0n) is 14.3. The summed E-state index contributed by atoms with van der Waals surface area (Å²) in [4.78, 5) is 15.3. The van der Waals surface area contributed by atoms with Gasteiger partial charge in [-0.15, -0.1) is 0 Å². The average molecular weight is 361 g/mol. The topological polar surface area (TPSA) is 88.7 Å². The second kappa shape index (κ2) is 7.67. The maximum Gasteiger partial charge on any atom is 0.254 e. The van der Waals surface area contributed by atoms with Gasteiger partial charge in [0.05, 0.1) is 13.2 Å². The molecule has 0 aliphatic carbocycles.